The van der Waals surface area contributed by atoms with Gasteiger partial charge in [0.15, 0.2) is 28.6 Å². The van der Waals surface area contributed by atoms with E-state index in [4.69, 9.17) is 23.1 Å². The molecule has 8 heteroatoms. The second kappa shape index (κ2) is 9.69. The fourth-order valence-corrected chi connectivity index (χ4v) is 4.38. The Morgan fingerprint density at radius 3 is 2.00 bits per heavy atom. The molecule has 1 heterocycles. The Hall–Kier alpha value is -3.39. The molecule has 0 fully saturated rings. The SMILES string of the molecule is COc1cc(-c2cc3cc(/C=C(\C)C(=O)O)cc(OC)c3o2)cc(OC)c1O[Si](C)(C)C(C)(C)C. The molecule has 0 amide bonds. The molecule has 0 saturated carbocycles. The molecule has 0 aliphatic heterocycles. The third-order valence-electron chi connectivity index (χ3n) is 6.45. The largest absolute Gasteiger partial charge is 0.539 e. The Balaban J connectivity index is 2.14. The van der Waals surface area contributed by atoms with Crippen LogP contribution in [-0.4, -0.2) is 40.7 Å². The molecule has 0 aliphatic carbocycles. The lowest BCUT2D eigenvalue weighted by molar-refractivity contribution is -0.132. The summed E-state index contributed by atoms with van der Waals surface area (Å²) >= 11 is 0. The van der Waals surface area contributed by atoms with Crippen molar-refractivity contribution in [3.8, 4) is 34.3 Å². The van der Waals surface area contributed by atoms with Crippen molar-refractivity contribution in [3.05, 3.63) is 41.5 Å². The maximum absolute atomic E-state index is 11.3. The number of furan rings is 1. The first-order valence-corrected chi connectivity index (χ1v) is 14.2. The summed E-state index contributed by atoms with van der Waals surface area (Å²) in [4.78, 5) is 11.3. The first-order valence-electron chi connectivity index (χ1n) is 11.3. The van der Waals surface area contributed by atoms with E-state index < -0.39 is 14.3 Å². The number of methoxy groups -OCH3 is 3. The van der Waals surface area contributed by atoms with Gasteiger partial charge in [0.2, 0.25) is 0 Å². The zero-order valence-corrected chi connectivity index (χ0v) is 22.9. The zero-order valence-electron chi connectivity index (χ0n) is 21.9. The Bertz CT molecular complexity index is 1250. The van der Waals surface area contributed by atoms with Gasteiger partial charge in [-0.15, -0.1) is 0 Å². The van der Waals surface area contributed by atoms with Crippen LogP contribution in [0, 0.1) is 0 Å². The van der Waals surface area contributed by atoms with Crippen LogP contribution in [0.15, 0.2) is 40.3 Å². The number of hydrogen-bond acceptors (Lipinski definition) is 6. The minimum atomic E-state index is -2.15. The lowest BCUT2D eigenvalue weighted by Crippen LogP contribution is -2.44. The molecule has 0 radical (unpaired) electrons. The molecule has 3 rings (SSSR count). The van der Waals surface area contributed by atoms with E-state index >= 15 is 0 Å². The van der Waals surface area contributed by atoms with Gasteiger partial charge in [-0.3, -0.25) is 0 Å². The van der Waals surface area contributed by atoms with Crippen molar-refractivity contribution in [1.82, 2.24) is 0 Å². The van der Waals surface area contributed by atoms with Crippen molar-refractivity contribution in [1.29, 1.82) is 0 Å². The van der Waals surface area contributed by atoms with Crippen LogP contribution in [0.2, 0.25) is 18.1 Å². The minimum absolute atomic E-state index is 0.00211. The van der Waals surface area contributed by atoms with Crippen LogP contribution in [0.5, 0.6) is 23.0 Å². The molecule has 35 heavy (non-hydrogen) atoms. The highest BCUT2D eigenvalue weighted by molar-refractivity contribution is 6.74. The Morgan fingerprint density at radius 2 is 1.51 bits per heavy atom. The predicted octanol–water partition coefficient (Wildman–Crippen LogP) is 7.00. The number of rotatable bonds is 8. The number of carboxylic acids is 1. The molecule has 3 aromatic rings. The van der Waals surface area contributed by atoms with E-state index in [0.29, 0.717) is 39.9 Å². The van der Waals surface area contributed by atoms with Gasteiger partial charge in [-0.2, -0.15) is 0 Å². The van der Waals surface area contributed by atoms with Gasteiger partial charge in [-0.05, 0) is 67.0 Å². The van der Waals surface area contributed by atoms with Crippen molar-refractivity contribution in [2.75, 3.05) is 21.3 Å². The molecule has 188 valence electrons. The first-order chi connectivity index (χ1) is 16.3. The average molecular weight is 499 g/mol. The quantitative estimate of drug-likeness (QED) is 0.264. The molecule has 0 bridgehead atoms. The maximum atomic E-state index is 11.3. The molecule has 0 atom stereocenters. The van der Waals surface area contributed by atoms with E-state index in [2.05, 4.69) is 33.9 Å². The van der Waals surface area contributed by atoms with Crippen molar-refractivity contribution in [3.63, 3.8) is 0 Å². The van der Waals surface area contributed by atoms with E-state index in [1.54, 1.807) is 40.4 Å². The highest BCUT2D eigenvalue weighted by Crippen LogP contribution is 2.47. The normalized spacial score (nSPS) is 12.5. The van der Waals surface area contributed by atoms with Crippen LogP contribution < -0.4 is 18.6 Å². The Labute approximate surface area is 207 Å². The van der Waals surface area contributed by atoms with Crippen LogP contribution in [0.3, 0.4) is 0 Å². The van der Waals surface area contributed by atoms with Crippen LogP contribution in [0.1, 0.15) is 33.3 Å². The van der Waals surface area contributed by atoms with Crippen LogP contribution >= 0.6 is 0 Å². The summed E-state index contributed by atoms with van der Waals surface area (Å²) in [5, 5.41) is 10.0. The monoisotopic (exact) mass is 498 g/mol. The molecule has 1 N–H and O–H groups in total. The average Bonchev–Trinajstić information content (AvgIpc) is 3.21. The number of ether oxygens (including phenoxy) is 3. The number of fused-ring (bicyclic) bond motifs is 1. The third-order valence-corrected chi connectivity index (χ3v) is 10.8. The summed E-state index contributed by atoms with van der Waals surface area (Å²) in [6, 6.07) is 9.23. The Kier molecular flexibility index (Phi) is 7.26. The van der Waals surface area contributed by atoms with Gasteiger partial charge in [0.05, 0.1) is 21.3 Å². The minimum Gasteiger partial charge on any atom is -0.539 e. The van der Waals surface area contributed by atoms with Crippen LogP contribution in [0.4, 0.5) is 0 Å². The van der Waals surface area contributed by atoms with E-state index in [1.807, 2.05) is 24.3 Å². The van der Waals surface area contributed by atoms with Gasteiger partial charge in [0, 0.05) is 16.5 Å². The smallest absolute Gasteiger partial charge is 0.331 e. The van der Waals surface area contributed by atoms with Gasteiger partial charge < -0.3 is 28.2 Å². The summed E-state index contributed by atoms with van der Waals surface area (Å²) in [6.45, 7) is 12.4. The van der Waals surface area contributed by atoms with Crippen LogP contribution in [0.25, 0.3) is 28.4 Å². The van der Waals surface area contributed by atoms with Gasteiger partial charge >= 0.3 is 5.97 Å². The number of hydrogen-bond donors (Lipinski definition) is 1. The zero-order chi connectivity index (χ0) is 26.1. The summed E-state index contributed by atoms with van der Waals surface area (Å²) < 4.78 is 29.6. The van der Waals surface area contributed by atoms with Crippen molar-refractivity contribution >= 4 is 31.3 Å². The standard InChI is InChI=1S/C27H34O7Si/c1-16(26(28)29)10-17-11-19-15-20(33-24(19)21(12-17)30-5)18-13-22(31-6)25(23(14-18)32-7)34-35(8,9)27(2,3)4/h10-15H,1-9H3,(H,28,29)/b16-10+. The molecular weight excluding hydrogens is 464 g/mol. The second-order valence-electron chi connectivity index (χ2n) is 9.96. The molecule has 0 saturated heterocycles. The number of carboxylic acid groups (broad SMARTS) is 1. The first kappa shape index (κ1) is 26.2. The topological polar surface area (TPSA) is 87.4 Å². The van der Waals surface area contributed by atoms with E-state index in [-0.39, 0.29) is 10.6 Å². The number of benzene rings is 2. The maximum Gasteiger partial charge on any atom is 0.331 e. The number of aliphatic carboxylic acids is 1. The summed E-state index contributed by atoms with van der Waals surface area (Å²) in [5.41, 5.74) is 2.24. The lowest BCUT2D eigenvalue weighted by Gasteiger charge is -2.37. The van der Waals surface area contributed by atoms with Gasteiger partial charge in [0.1, 0.15) is 5.76 Å². The Morgan fingerprint density at radius 1 is 0.943 bits per heavy atom. The van der Waals surface area contributed by atoms with Crippen molar-refractivity contribution in [2.24, 2.45) is 0 Å². The second-order valence-corrected chi connectivity index (χ2v) is 14.7. The fourth-order valence-electron chi connectivity index (χ4n) is 3.36. The molecule has 0 spiro atoms. The van der Waals surface area contributed by atoms with Gasteiger partial charge in [0.25, 0.3) is 8.32 Å². The molecule has 7 nitrogen and oxygen atoms in total. The fraction of sp³-hybridized carbons (Fsp3) is 0.370. The van der Waals surface area contributed by atoms with E-state index in [1.165, 1.54) is 0 Å². The predicted molar refractivity (Wildman–Crippen MR) is 140 cm³/mol. The van der Waals surface area contributed by atoms with Gasteiger partial charge in [-0.25, -0.2) is 4.79 Å². The summed E-state index contributed by atoms with van der Waals surface area (Å²) in [6.07, 6.45) is 1.59. The number of carbonyl (C=O) groups is 1. The van der Waals surface area contributed by atoms with E-state index in [9.17, 15) is 9.90 Å². The highest BCUT2D eigenvalue weighted by Gasteiger charge is 2.40. The van der Waals surface area contributed by atoms with Crippen molar-refractivity contribution in [2.45, 2.75) is 45.8 Å². The van der Waals surface area contributed by atoms with E-state index in [0.717, 1.165) is 10.9 Å². The molecule has 1 aromatic heterocycles. The third kappa shape index (κ3) is 5.32. The van der Waals surface area contributed by atoms with Crippen LogP contribution in [-0.2, 0) is 4.79 Å². The molecular formula is C27H34O7Si. The van der Waals surface area contributed by atoms with Gasteiger partial charge in [-0.1, -0.05) is 20.8 Å². The summed E-state index contributed by atoms with van der Waals surface area (Å²) in [5.74, 6) is 1.81. The molecule has 0 aliphatic rings. The molecule has 2 aromatic carbocycles. The lowest BCUT2D eigenvalue weighted by atomic mass is 10.1. The molecule has 0 unspecified atom stereocenters. The highest BCUT2D eigenvalue weighted by atomic mass is 28.4. The van der Waals surface area contributed by atoms with Crippen molar-refractivity contribution < 1.29 is 33.0 Å². The summed E-state index contributed by atoms with van der Waals surface area (Å²) in [7, 11) is 2.60.